The minimum atomic E-state index is -1.61. The summed E-state index contributed by atoms with van der Waals surface area (Å²) in [4.78, 5) is 10.7. The van der Waals surface area contributed by atoms with Crippen LogP contribution in [0.25, 0.3) is 0 Å². The predicted molar refractivity (Wildman–Crippen MR) is 76.8 cm³/mol. The third-order valence-electron chi connectivity index (χ3n) is 3.34. The Labute approximate surface area is 112 Å². The monoisotopic (exact) mass is 270 g/mol. The van der Waals surface area contributed by atoms with Crippen molar-refractivity contribution in [3.63, 3.8) is 0 Å². The number of hydrogen-bond acceptors (Lipinski definition) is 3. The van der Waals surface area contributed by atoms with Crippen molar-refractivity contribution < 1.29 is 14.0 Å². The molecule has 0 saturated heterocycles. The Morgan fingerprint density at radius 2 is 1.83 bits per heavy atom. The van der Waals surface area contributed by atoms with Crippen LogP contribution in [0.1, 0.15) is 40.0 Å². The average molecular weight is 270 g/mol. The van der Waals surface area contributed by atoms with Crippen molar-refractivity contribution in [2.24, 2.45) is 0 Å². The summed E-state index contributed by atoms with van der Waals surface area (Å²) in [5.41, 5.74) is 0. The quantitative estimate of drug-likeness (QED) is 0.253. The van der Waals surface area contributed by atoms with Crippen LogP contribution < -0.4 is 0 Å². The largest absolute Gasteiger partial charge is 0.459 e. The summed E-state index contributed by atoms with van der Waals surface area (Å²) in [6.07, 6.45) is 2.66. The maximum absolute atomic E-state index is 10.7. The lowest BCUT2D eigenvalue weighted by molar-refractivity contribution is -0.133. The third-order valence-corrected chi connectivity index (χ3v) is 7.88. The van der Waals surface area contributed by atoms with Crippen molar-refractivity contribution in [2.75, 3.05) is 13.7 Å². The second-order valence-corrected chi connectivity index (χ2v) is 10.7. The number of carbonyl (C=O) groups is 1. The number of hydrogen-bond donors (Lipinski definition) is 0. The molecule has 0 radical (unpaired) electrons. The molecule has 0 heterocycles. The van der Waals surface area contributed by atoms with Gasteiger partial charge in [-0.15, -0.1) is 0 Å². The van der Waals surface area contributed by atoms with Gasteiger partial charge in [0.1, 0.15) is 0 Å². The summed E-state index contributed by atoms with van der Waals surface area (Å²) in [5, 5.41) is 0.262. The smallest absolute Gasteiger partial charge is 0.384 e. The van der Waals surface area contributed by atoms with Crippen LogP contribution >= 0.6 is 0 Å². The summed E-state index contributed by atoms with van der Waals surface area (Å²) in [6, 6.07) is 0. The van der Waals surface area contributed by atoms with Crippen molar-refractivity contribution in [2.45, 2.75) is 58.2 Å². The Kier molecular flexibility index (Phi) is 7.26. The fraction of sp³-hybridized carbons (Fsp3) is 0.786. The van der Waals surface area contributed by atoms with E-state index in [1.54, 1.807) is 0 Å². The number of esters is 1. The highest BCUT2D eigenvalue weighted by molar-refractivity contribution is 6.74. The van der Waals surface area contributed by atoms with Gasteiger partial charge in [-0.1, -0.05) is 26.7 Å². The molecular formula is C14H26O3Si. The highest BCUT2D eigenvalue weighted by Gasteiger charge is 2.36. The van der Waals surface area contributed by atoms with E-state index in [1.807, 2.05) is 0 Å². The first-order valence-corrected chi connectivity index (χ1v) is 9.32. The number of unbranched alkanes of at least 4 members (excludes halogenated alkanes) is 2. The van der Waals surface area contributed by atoms with Gasteiger partial charge in [-0.2, -0.15) is 0 Å². The molecule has 0 rings (SSSR count). The maximum atomic E-state index is 10.7. The summed E-state index contributed by atoms with van der Waals surface area (Å²) in [7, 11) is -0.270. The molecular weight excluding hydrogens is 244 g/mol. The second kappa shape index (κ2) is 7.60. The van der Waals surface area contributed by atoms with Crippen LogP contribution in [0.15, 0.2) is 0 Å². The molecule has 0 atom stereocenters. The Balaban J connectivity index is 3.75. The molecule has 4 heteroatoms. The van der Waals surface area contributed by atoms with Gasteiger partial charge >= 0.3 is 5.97 Å². The van der Waals surface area contributed by atoms with E-state index in [0.29, 0.717) is 0 Å². The molecule has 0 aromatic carbocycles. The van der Waals surface area contributed by atoms with E-state index < -0.39 is 14.3 Å². The predicted octanol–water partition coefficient (Wildman–Crippen LogP) is 3.35. The summed E-state index contributed by atoms with van der Waals surface area (Å²) >= 11 is 0. The fourth-order valence-corrected chi connectivity index (χ4v) is 2.13. The first-order chi connectivity index (χ1) is 8.20. The minimum absolute atomic E-state index is 0.262. The molecule has 0 aliphatic heterocycles. The van der Waals surface area contributed by atoms with Gasteiger partial charge in [0.15, 0.2) is 8.32 Å². The molecule has 0 aliphatic rings. The first kappa shape index (κ1) is 17.2. The summed E-state index contributed by atoms with van der Waals surface area (Å²) in [5.74, 6) is 4.75. The van der Waals surface area contributed by atoms with Gasteiger partial charge in [0.25, 0.3) is 0 Å². The van der Waals surface area contributed by atoms with Gasteiger partial charge < -0.3 is 9.16 Å². The van der Waals surface area contributed by atoms with Gasteiger partial charge in [-0.3, -0.25) is 0 Å². The van der Waals surface area contributed by atoms with Crippen molar-refractivity contribution >= 4 is 14.3 Å². The Morgan fingerprint density at radius 3 is 2.33 bits per heavy atom. The van der Waals surface area contributed by atoms with Gasteiger partial charge in [0.05, 0.1) is 7.11 Å². The normalized spacial score (nSPS) is 11.7. The SMILES string of the molecule is COC(=O)C#CCCCCO[Si](C)(C)C(C)(C)C. The number of methoxy groups -OCH3 is 1. The molecule has 104 valence electrons. The second-order valence-electron chi connectivity index (χ2n) is 5.86. The minimum Gasteiger partial charge on any atom is -0.459 e. The lowest BCUT2D eigenvalue weighted by Crippen LogP contribution is -2.40. The highest BCUT2D eigenvalue weighted by Crippen LogP contribution is 2.36. The van der Waals surface area contributed by atoms with Gasteiger partial charge in [0.2, 0.25) is 0 Å². The number of rotatable bonds is 5. The molecule has 0 unspecified atom stereocenters. The van der Waals surface area contributed by atoms with E-state index >= 15 is 0 Å². The van der Waals surface area contributed by atoms with E-state index in [2.05, 4.69) is 50.4 Å². The fourth-order valence-electron chi connectivity index (χ4n) is 1.04. The molecule has 0 spiro atoms. The van der Waals surface area contributed by atoms with Crippen molar-refractivity contribution in [1.82, 2.24) is 0 Å². The van der Waals surface area contributed by atoms with Crippen molar-refractivity contribution in [3.05, 3.63) is 0 Å². The zero-order valence-electron chi connectivity index (χ0n) is 12.6. The van der Waals surface area contributed by atoms with Crippen molar-refractivity contribution in [1.29, 1.82) is 0 Å². The molecule has 0 saturated carbocycles. The van der Waals surface area contributed by atoms with Crippen LogP contribution in [0.4, 0.5) is 0 Å². The van der Waals surface area contributed by atoms with Crippen molar-refractivity contribution in [3.8, 4) is 11.8 Å². The van der Waals surface area contributed by atoms with Gasteiger partial charge in [-0.25, -0.2) is 4.79 Å². The standard InChI is InChI=1S/C14H26O3Si/c1-14(2,3)18(5,6)17-12-10-8-7-9-11-13(15)16-4/h7-8,10,12H2,1-6H3. The number of ether oxygens (including phenoxy) is 1. The molecule has 0 aromatic heterocycles. The van der Waals surface area contributed by atoms with E-state index in [0.717, 1.165) is 25.9 Å². The Morgan fingerprint density at radius 1 is 1.22 bits per heavy atom. The average Bonchev–Trinajstić information content (AvgIpc) is 2.25. The van der Waals surface area contributed by atoms with E-state index in [1.165, 1.54) is 7.11 Å². The van der Waals surface area contributed by atoms with Gasteiger partial charge in [-0.05, 0) is 31.0 Å². The first-order valence-electron chi connectivity index (χ1n) is 6.41. The van der Waals surface area contributed by atoms with E-state index in [9.17, 15) is 4.79 Å². The van der Waals surface area contributed by atoms with Gasteiger partial charge in [0, 0.05) is 18.9 Å². The maximum Gasteiger partial charge on any atom is 0.384 e. The molecule has 0 aliphatic carbocycles. The molecule has 3 nitrogen and oxygen atoms in total. The molecule has 0 aromatic rings. The van der Waals surface area contributed by atoms with Crippen LogP contribution in [0.5, 0.6) is 0 Å². The van der Waals surface area contributed by atoms with Crippen LogP contribution in [0, 0.1) is 11.8 Å². The molecule has 18 heavy (non-hydrogen) atoms. The summed E-state index contributed by atoms with van der Waals surface area (Å²) in [6.45, 7) is 12.0. The van der Waals surface area contributed by atoms with Crippen LogP contribution in [-0.4, -0.2) is 28.0 Å². The topological polar surface area (TPSA) is 35.5 Å². The molecule has 0 fully saturated rings. The van der Waals surface area contributed by atoms with Crippen LogP contribution in [0.2, 0.25) is 18.1 Å². The van der Waals surface area contributed by atoms with E-state index in [-0.39, 0.29) is 5.04 Å². The molecule has 0 bridgehead atoms. The summed E-state index contributed by atoms with van der Waals surface area (Å²) < 4.78 is 10.5. The molecule has 0 N–H and O–H groups in total. The Hall–Kier alpha value is -0.793. The molecule has 0 amide bonds. The number of carbonyl (C=O) groups excluding carboxylic acids is 1. The zero-order valence-corrected chi connectivity index (χ0v) is 13.6. The Bertz CT molecular complexity index is 318. The highest BCUT2D eigenvalue weighted by atomic mass is 28.4. The lowest BCUT2D eigenvalue weighted by atomic mass is 10.2. The van der Waals surface area contributed by atoms with Crippen LogP contribution in [0.3, 0.4) is 0 Å². The van der Waals surface area contributed by atoms with E-state index in [4.69, 9.17) is 4.43 Å². The lowest BCUT2D eigenvalue weighted by Gasteiger charge is -2.36. The zero-order chi connectivity index (χ0) is 14.2. The third kappa shape index (κ3) is 6.82. The van der Waals surface area contributed by atoms with Crippen LogP contribution in [-0.2, 0) is 14.0 Å².